The van der Waals surface area contributed by atoms with Crippen molar-refractivity contribution >= 4 is 33.6 Å². The molecule has 0 radical (unpaired) electrons. The highest BCUT2D eigenvalue weighted by Gasteiger charge is 2.15. The molecule has 0 saturated carbocycles. The molecule has 1 unspecified atom stereocenters. The zero-order valence-corrected chi connectivity index (χ0v) is 18.2. The van der Waals surface area contributed by atoms with Crippen molar-refractivity contribution in [2.75, 3.05) is 38.2 Å². The minimum Gasteiger partial charge on any atom is -0.459 e. The number of amides is 2. The van der Waals surface area contributed by atoms with Gasteiger partial charge in [0.1, 0.15) is 11.3 Å². The third-order valence-corrected chi connectivity index (χ3v) is 6.01. The van der Waals surface area contributed by atoms with Gasteiger partial charge in [-0.2, -0.15) is 0 Å². The molecule has 0 bridgehead atoms. The van der Waals surface area contributed by atoms with Crippen molar-refractivity contribution in [2.45, 2.75) is 19.5 Å². The van der Waals surface area contributed by atoms with Gasteiger partial charge in [-0.1, -0.05) is 18.2 Å². The maximum absolute atomic E-state index is 12.5. The summed E-state index contributed by atoms with van der Waals surface area (Å²) in [7, 11) is 0. The summed E-state index contributed by atoms with van der Waals surface area (Å²) in [5, 5.41) is 8.02. The molecule has 1 fully saturated rings. The number of fused-ring (bicyclic) bond motifs is 2. The molecule has 0 aliphatic carbocycles. The largest absolute Gasteiger partial charge is 0.459 e. The zero-order chi connectivity index (χ0) is 21.9. The molecule has 166 valence electrons. The van der Waals surface area contributed by atoms with E-state index in [1.54, 1.807) is 0 Å². The molecular weight excluding hydrogens is 404 g/mol. The van der Waals surface area contributed by atoms with Gasteiger partial charge in [-0.25, -0.2) is 4.79 Å². The monoisotopic (exact) mass is 432 g/mol. The molecule has 3 heterocycles. The van der Waals surface area contributed by atoms with E-state index in [0.29, 0.717) is 0 Å². The predicted molar refractivity (Wildman–Crippen MR) is 126 cm³/mol. The number of ether oxygens (including phenoxy) is 1. The Hall–Kier alpha value is -3.29. The van der Waals surface area contributed by atoms with Crippen LogP contribution >= 0.6 is 0 Å². The minimum absolute atomic E-state index is 0.243. The van der Waals surface area contributed by atoms with E-state index in [4.69, 9.17) is 9.15 Å². The average molecular weight is 433 g/mol. The van der Waals surface area contributed by atoms with Gasteiger partial charge in [0.25, 0.3) is 0 Å². The molecule has 1 atom stereocenters. The van der Waals surface area contributed by atoms with Gasteiger partial charge >= 0.3 is 6.03 Å². The van der Waals surface area contributed by atoms with Crippen molar-refractivity contribution in [1.29, 1.82) is 0 Å². The van der Waals surface area contributed by atoms with Crippen LogP contribution in [-0.4, -0.2) is 48.3 Å². The summed E-state index contributed by atoms with van der Waals surface area (Å²) in [5.41, 5.74) is 2.75. The Kier molecular flexibility index (Phi) is 5.83. The Morgan fingerprint density at radius 2 is 1.88 bits per heavy atom. The van der Waals surface area contributed by atoms with Crippen LogP contribution in [0.5, 0.6) is 0 Å². The summed E-state index contributed by atoms with van der Waals surface area (Å²) in [6, 6.07) is 17.4. The second-order valence-corrected chi connectivity index (χ2v) is 8.24. The topological polar surface area (TPSA) is 71.7 Å². The number of furan rings is 1. The second-order valence-electron chi connectivity index (χ2n) is 8.24. The van der Waals surface area contributed by atoms with Crippen molar-refractivity contribution in [3.8, 4) is 0 Å². The van der Waals surface area contributed by atoms with E-state index in [-0.39, 0.29) is 12.1 Å². The number of hydrogen-bond donors (Lipinski definition) is 2. The average Bonchev–Trinajstić information content (AvgIpc) is 3.42. The van der Waals surface area contributed by atoms with Crippen LogP contribution in [0.25, 0.3) is 21.9 Å². The van der Waals surface area contributed by atoms with Gasteiger partial charge in [-0.05, 0) is 43.3 Å². The van der Waals surface area contributed by atoms with Crippen LogP contribution in [0.3, 0.4) is 0 Å². The molecule has 1 saturated heterocycles. The lowest BCUT2D eigenvalue weighted by Crippen LogP contribution is -2.38. The van der Waals surface area contributed by atoms with E-state index in [2.05, 4.69) is 38.4 Å². The van der Waals surface area contributed by atoms with Crippen LogP contribution in [-0.2, 0) is 11.3 Å². The SMILES string of the molecule is CC(NC(=O)Nc1ccc2c(ccn2CCN2CCOCC2)c1)c1cc2ccccc2o1. The zero-order valence-electron chi connectivity index (χ0n) is 18.2. The third kappa shape index (κ3) is 4.49. The standard InChI is InChI=1S/C25H28N4O3/c1-18(24-17-20-4-2-3-5-23(20)32-24)26-25(30)27-21-6-7-22-19(16-21)8-9-29(22)11-10-28-12-14-31-15-13-28/h2-9,16-18H,10-15H2,1H3,(H2,26,27,30). The number of urea groups is 1. The molecule has 2 aromatic heterocycles. The van der Waals surface area contributed by atoms with E-state index in [9.17, 15) is 4.79 Å². The highest BCUT2D eigenvalue weighted by Crippen LogP contribution is 2.24. The van der Waals surface area contributed by atoms with Crippen molar-refractivity contribution in [2.24, 2.45) is 0 Å². The van der Waals surface area contributed by atoms with Gasteiger partial charge in [0.05, 0.1) is 19.3 Å². The van der Waals surface area contributed by atoms with E-state index < -0.39 is 0 Å². The van der Waals surface area contributed by atoms with Crippen LogP contribution in [0.15, 0.2) is 65.2 Å². The van der Waals surface area contributed by atoms with Gasteiger partial charge in [-0.3, -0.25) is 4.90 Å². The maximum atomic E-state index is 12.5. The normalized spacial score (nSPS) is 15.8. The van der Waals surface area contributed by atoms with Gasteiger partial charge < -0.3 is 24.4 Å². The van der Waals surface area contributed by atoms with E-state index in [1.807, 2.05) is 49.4 Å². The lowest BCUT2D eigenvalue weighted by molar-refractivity contribution is 0.0365. The smallest absolute Gasteiger partial charge is 0.319 e. The second kappa shape index (κ2) is 9.06. The first kappa shape index (κ1) is 20.6. The Morgan fingerprint density at radius 3 is 2.72 bits per heavy atom. The number of carbonyl (C=O) groups is 1. The Labute approximate surface area is 186 Å². The molecule has 2 N–H and O–H groups in total. The summed E-state index contributed by atoms with van der Waals surface area (Å²) in [6.45, 7) is 7.48. The predicted octanol–water partition coefficient (Wildman–Crippen LogP) is 4.60. The van der Waals surface area contributed by atoms with Gasteiger partial charge in [-0.15, -0.1) is 0 Å². The van der Waals surface area contributed by atoms with Crippen molar-refractivity contribution in [3.63, 3.8) is 0 Å². The molecule has 7 heteroatoms. The van der Waals surface area contributed by atoms with Gasteiger partial charge in [0.15, 0.2) is 0 Å². The van der Waals surface area contributed by atoms with Crippen LogP contribution in [0.4, 0.5) is 10.5 Å². The summed E-state index contributed by atoms with van der Waals surface area (Å²) < 4.78 is 13.5. The molecule has 5 rings (SSSR count). The van der Waals surface area contributed by atoms with Crippen molar-refractivity contribution in [1.82, 2.24) is 14.8 Å². The van der Waals surface area contributed by atoms with Crippen LogP contribution in [0, 0.1) is 0 Å². The Morgan fingerprint density at radius 1 is 1.03 bits per heavy atom. The number of aromatic nitrogens is 1. The lowest BCUT2D eigenvalue weighted by Gasteiger charge is -2.26. The quantitative estimate of drug-likeness (QED) is 0.467. The van der Waals surface area contributed by atoms with Crippen molar-refractivity contribution in [3.05, 3.63) is 66.6 Å². The van der Waals surface area contributed by atoms with E-state index in [1.165, 1.54) is 5.52 Å². The fraction of sp³-hybridized carbons (Fsp3) is 0.320. The first-order chi connectivity index (χ1) is 15.7. The summed E-state index contributed by atoms with van der Waals surface area (Å²) >= 11 is 0. The lowest BCUT2D eigenvalue weighted by atomic mass is 10.2. The number of anilines is 1. The minimum atomic E-state index is -0.260. The molecule has 2 amide bonds. The first-order valence-corrected chi connectivity index (χ1v) is 11.1. The molecule has 4 aromatic rings. The first-order valence-electron chi connectivity index (χ1n) is 11.1. The fourth-order valence-corrected chi connectivity index (χ4v) is 4.20. The van der Waals surface area contributed by atoms with Crippen LogP contribution < -0.4 is 10.6 Å². The molecular formula is C25H28N4O3. The molecule has 32 heavy (non-hydrogen) atoms. The van der Waals surface area contributed by atoms with Crippen LogP contribution in [0.1, 0.15) is 18.7 Å². The highest BCUT2D eigenvalue weighted by atomic mass is 16.5. The number of rotatable bonds is 6. The number of hydrogen-bond acceptors (Lipinski definition) is 4. The number of benzene rings is 2. The number of nitrogens with one attached hydrogen (secondary N) is 2. The Bertz CT molecular complexity index is 1190. The number of nitrogens with zero attached hydrogens (tertiary/aromatic N) is 2. The Balaban J connectivity index is 1.20. The molecule has 2 aromatic carbocycles. The molecule has 1 aliphatic heterocycles. The van der Waals surface area contributed by atoms with Gasteiger partial charge in [0, 0.05) is 54.4 Å². The third-order valence-electron chi connectivity index (χ3n) is 6.01. The number of carbonyl (C=O) groups excluding carboxylic acids is 1. The molecule has 7 nitrogen and oxygen atoms in total. The summed E-state index contributed by atoms with van der Waals surface area (Å²) in [5.74, 6) is 0.731. The number of para-hydroxylation sites is 1. The molecule has 0 spiro atoms. The molecule has 1 aliphatic rings. The summed E-state index contributed by atoms with van der Waals surface area (Å²) in [4.78, 5) is 15.0. The number of morpholine rings is 1. The van der Waals surface area contributed by atoms with E-state index in [0.717, 1.165) is 67.2 Å². The van der Waals surface area contributed by atoms with Crippen LogP contribution in [0.2, 0.25) is 0 Å². The van der Waals surface area contributed by atoms with Gasteiger partial charge in [0.2, 0.25) is 0 Å². The maximum Gasteiger partial charge on any atom is 0.319 e. The van der Waals surface area contributed by atoms with Crippen molar-refractivity contribution < 1.29 is 13.9 Å². The fourth-order valence-electron chi connectivity index (χ4n) is 4.20. The summed E-state index contributed by atoms with van der Waals surface area (Å²) in [6.07, 6.45) is 2.11. The highest BCUT2D eigenvalue weighted by molar-refractivity contribution is 5.93. The van der Waals surface area contributed by atoms with E-state index >= 15 is 0 Å².